The number of aryl methyl sites for hydroxylation is 2. The molecule has 1 aliphatic carbocycles. The maximum absolute atomic E-state index is 14.1. The molecule has 162 valence electrons. The predicted octanol–water partition coefficient (Wildman–Crippen LogP) is 2.11. The number of halogens is 2. The molecule has 0 spiro atoms. The highest BCUT2D eigenvalue weighted by molar-refractivity contribution is 5.97. The van der Waals surface area contributed by atoms with Crippen molar-refractivity contribution in [2.24, 2.45) is 5.92 Å². The number of aromatic amines is 1. The number of nitrogens with zero attached hydrogens (tertiary/aromatic N) is 3. The molecule has 0 aromatic carbocycles. The highest BCUT2D eigenvalue weighted by Gasteiger charge is 2.74. The first-order valence-corrected chi connectivity index (χ1v) is 8.78. The number of rotatable bonds is 5. The van der Waals surface area contributed by atoms with Gasteiger partial charge in [0.05, 0.1) is 11.4 Å². The van der Waals surface area contributed by atoms with Gasteiger partial charge in [0.15, 0.2) is 5.82 Å². The molecule has 3 aromatic heterocycles. The topological polar surface area (TPSA) is 176 Å². The number of anilines is 2. The largest absolute Gasteiger partial charge is 0.465 e. The van der Waals surface area contributed by atoms with Crippen LogP contribution in [0, 0.1) is 19.8 Å². The second kappa shape index (κ2) is 7.00. The van der Waals surface area contributed by atoms with Gasteiger partial charge in [-0.05, 0) is 26.0 Å². The first-order chi connectivity index (χ1) is 14.6. The number of aromatic nitrogens is 4. The summed E-state index contributed by atoms with van der Waals surface area (Å²) in [5, 5.41) is 20.4. The number of H-pyrrole nitrogens is 1. The zero-order valence-corrected chi connectivity index (χ0v) is 15.9. The molecule has 4 N–H and O–H groups in total. The molecule has 0 aliphatic heterocycles. The lowest BCUT2D eigenvalue weighted by Gasteiger charge is -2.09. The van der Waals surface area contributed by atoms with E-state index in [1.807, 2.05) is 4.98 Å². The van der Waals surface area contributed by atoms with Gasteiger partial charge >= 0.3 is 11.8 Å². The van der Waals surface area contributed by atoms with Gasteiger partial charge in [-0.3, -0.25) is 19.6 Å². The van der Waals surface area contributed by atoms with Crippen LogP contribution in [-0.4, -0.2) is 43.3 Å². The van der Waals surface area contributed by atoms with Crippen LogP contribution in [0.2, 0.25) is 0 Å². The van der Waals surface area contributed by atoms with Crippen LogP contribution in [0.3, 0.4) is 0 Å². The van der Waals surface area contributed by atoms with Gasteiger partial charge in [-0.1, -0.05) is 10.3 Å². The van der Waals surface area contributed by atoms with E-state index in [9.17, 15) is 23.2 Å². The monoisotopic (exact) mass is 436 g/mol. The van der Waals surface area contributed by atoms with Crippen molar-refractivity contribution in [3.8, 4) is 11.5 Å². The Morgan fingerprint density at radius 2 is 1.90 bits per heavy atom. The zero-order valence-electron chi connectivity index (χ0n) is 15.9. The van der Waals surface area contributed by atoms with Crippen molar-refractivity contribution in [3.63, 3.8) is 0 Å². The van der Waals surface area contributed by atoms with Gasteiger partial charge in [-0.15, -0.1) is 0 Å². The number of nitrogens with one attached hydrogen (secondary N) is 3. The van der Waals surface area contributed by atoms with E-state index in [2.05, 4.69) is 30.5 Å². The smallest absolute Gasteiger partial charge is 0.438 e. The molecule has 0 radical (unpaired) electrons. The molecule has 2 atom stereocenters. The Labute approximate surface area is 170 Å². The second-order valence-electron chi connectivity index (χ2n) is 6.83. The summed E-state index contributed by atoms with van der Waals surface area (Å²) in [5.41, 5.74) is 1.04. The van der Waals surface area contributed by atoms with Crippen LogP contribution in [0.25, 0.3) is 11.5 Å². The lowest BCUT2D eigenvalue weighted by atomic mass is 10.2. The Bertz CT molecular complexity index is 1250. The van der Waals surface area contributed by atoms with Crippen LogP contribution >= 0.6 is 0 Å². The molecule has 0 bridgehead atoms. The van der Waals surface area contributed by atoms with Crippen molar-refractivity contribution in [1.82, 2.24) is 20.3 Å². The molecule has 4 rings (SSSR count). The van der Waals surface area contributed by atoms with Gasteiger partial charge in [0.1, 0.15) is 28.9 Å². The number of hydrogen-bond donors (Lipinski definition) is 4. The normalized spacial score (nSPS) is 19.1. The number of pyridine rings is 1. The van der Waals surface area contributed by atoms with Gasteiger partial charge in [0, 0.05) is 0 Å². The molecule has 3 heterocycles. The van der Waals surface area contributed by atoms with Crippen molar-refractivity contribution < 1.29 is 32.5 Å². The highest BCUT2D eigenvalue weighted by Crippen LogP contribution is 2.60. The standard InChI is InChI=1S/C17H14F2N6O6/c1-5-7(3-4-8(20-5)12-11(22-15(27)28)6(2)24-30-12)21-14(26)10-9(17(10,18)19)13-23-16(29)31-25-13/h3-4,9-10,22H,1-2H3,(H,21,26)(H,27,28)(H,23,25,29). The summed E-state index contributed by atoms with van der Waals surface area (Å²) in [5.74, 6) is -9.07. The van der Waals surface area contributed by atoms with E-state index in [0.717, 1.165) is 0 Å². The third kappa shape index (κ3) is 3.51. The van der Waals surface area contributed by atoms with Crippen molar-refractivity contribution in [2.45, 2.75) is 25.7 Å². The molecule has 2 unspecified atom stereocenters. The Hall–Kier alpha value is -4.10. The van der Waals surface area contributed by atoms with E-state index >= 15 is 0 Å². The van der Waals surface area contributed by atoms with E-state index in [0.29, 0.717) is 5.69 Å². The molecule has 1 aliphatic rings. The van der Waals surface area contributed by atoms with Crippen LogP contribution in [0.15, 0.2) is 26.0 Å². The molecule has 1 fully saturated rings. The molecular weight excluding hydrogens is 422 g/mol. The molecule has 14 heteroatoms. The number of hydrogen-bond acceptors (Lipinski definition) is 8. The van der Waals surface area contributed by atoms with Crippen LogP contribution in [0.1, 0.15) is 23.1 Å². The second-order valence-corrected chi connectivity index (χ2v) is 6.83. The molecule has 0 saturated heterocycles. The molecule has 12 nitrogen and oxygen atoms in total. The third-order valence-corrected chi connectivity index (χ3v) is 4.76. The van der Waals surface area contributed by atoms with Crippen molar-refractivity contribution in [2.75, 3.05) is 10.6 Å². The average Bonchev–Trinajstić information content (AvgIpc) is 2.96. The summed E-state index contributed by atoms with van der Waals surface area (Å²) in [6, 6.07) is 2.82. The number of carbonyl (C=O) groups is 2. The molecule has 2 amide bonds. The third-order valence-electron chi connectivity index (χ3n) is 4.76. The minimum Gasteiger partial charge on any atom is -0.465 e. The molecular formula is C17H14F2N6O6. The number of amides is 2. The van der Waals surface area contributed by atoms with Crippen molar-refractivity contribution in [3.05, 3.63) is 39.9 Å². The van der Waals surface area contributed by atoms with Crippen LogP contribution in [-0.2, 0) is 4.79 Å². The molecule has 1 saturated carbocycles. The maximum atomic E-state index is 14.1. The Morgan fingerprint density at radius 3 is 2.52 bits per heavy atom. The Morgan fingerprint density at radius 1 is 1.16 bits per heavy atom. The fourth-order valence-corrected chi connectivity index (χ4v) is 3.20. The van der Waals surface area contributed by atoms with Gasteiger partial charge in [-0.2, -0.15) is 0 Å². The molecule has 31 heavy (non-hydrogen) atoms. The van der Waals surface area contributed by atoms with Gasteiger partial charge in [0.2, 0.25) is 11.7 Å². The van der Waals surface area contributed by atoms with Crippen LogP contribution in [0.5, 0.6) is 0 Å². The Kier molecular flexibility index (Phi) is 4.56. The lowest BCUT2D eigenvalue weighted by Crippen LogP contribution is -2.18. The maximum Gasteiger partial charge on any atom is 0.438 e. The first-order valence-electron chi connectivity index (χ1n) is 8.78. The minimum atomic E-state index is -3.40. The summed E-state index contributed by atoms with van der Waals surface area (Å²) < 4.78 is 37.5. The SMILES string of the molecule is Cc1nc(-c2onc(C)c2NC(=O)O)ccc1NC(=O)C1C(c2noc(=O)[nH]2)C1(F)F. The van der Waals surface area contributed by atoms with Gasteiger partial charge < -0.3 is 14.9 Å². The number of carboxylic acid groups (broad SMARTS) is 1. The summed E-state index contributed by atoms with van der Waals surface area (Å²) in [4.78, 5) is 40.6. The van der Waals surface area contributed by atoms with Crippen molar-refractivity contribution >= 4 is 23.4 Å². The van der Waals surface area contributed by atoms with E-state index in [4.69, 9.17) is 9.63 Å². The van der Waals surface area contributed by atoms with Gasteiger partial charge in [-0.25, -0.2) is 23.4 Å². The van der Waals surface area contributed by atoms with E-state index in [1.165, 1.54) is 26.0 Å². The lowest BCUT2D eigenvalue weighted by molar-refractivity contribution is -0.119. The summed E-state index contributed by atoms with van der Waals surface area (Å²) >= 11 is 0. The summed E-state index contributed by atoms with van der Waals surface area (Å²) in [6.07, 6.45) is -1.32. The average molecular weight is 436 g/mol. The van der Waals surface area contributed by atoms with E-state index in [-0.39, 0.29) is 28.5 Å². The van der Waals surface area contributed by atoms with Crippen LogP contribution in [0.4, 0.5) is 25.0 Å². The fraction of sp³-hybridized carbons (Fsp3) is 0.294. The number of alkyl halides is 2. The fourth-order valence-electron chi connectivity index (χ4n) is 3.20. The van der Waals surface area contributed by atoms with E-state index < -0.39 is 41.3 Å². The first kappa shape index (κ1) is 20.2. The zero-order chi connectivity index (χ0) is 22.5. The summed E-state index contributed by atoms with van der Waals surface area (Å²) in [6.45, 7) is 3.05. The minimum absolute atomic E-state index is 0.0599. The molecule has 3 aromatic rings. The number of carbonyl (C=O) groups excluding carboxylic acids is 1. The van der Waals surface area contributed by atoms with Gasteiger partial charge in [0.25, 0.3) is 5.92 Å². The predicted molar refractivity (Wildman–Crippen MR) is 97.8 cm³/mol. The quantitative estimate of drug-likeness (QED) is 0.466. The Balaban J connectivity index is 1.54. The highest BCUT2D eigenvalue weighted by atomic mass is 19.3. The van der Waals surface area contributed by atoms with Crippen LogP contribution < -0.4 is 16.4 Å². The van der Waals surface area contributed by atoms with Crippen molar-refractivity contribution in [1.29, 1.82) is 0 Å². The summed E-state index contributed by atoms with van der Waals surface area (Å²) in [7, 11) is 0. The van der Waals surface area contributed by atoms with E-state index in [1.54, 1.807) is 0 Å².